The summed E-state index contributed by atoms with van der Waals surface area (Å²) < 4.78 is 16.1. The van der Waals surface area contributed by atoms with Crippen LogP contribution in [0, 0.1) is 5.92 Å². The molecular formula is C25H28N4O4. The van der Waals surface area contributed by atoms with E-state index in [2.05, 4.69) is 16.4 Å². The van der Waals surface area contributed by atoms with Crippen LogP contribution in [0.3, 0.4) is 0 Å². The fraction of sp³-hybridized carbons (Fsp3) is 0.360. The van der Waals surface area contributed by atoms with Crippen molar-refractivity contribution in [2.45, 2.75) is 25.3 Å². The highest BCUT2D eigenvalue weighted by atomic mass is 16.7. The number of rotatable bonds is 5. The van der Waals surface area contributed by atoms with Crippen molar-refractivity contribution >= 4 is 11.9 Å². The Hall–Kier alpha value is -3.52. The highest BCUT2D eigenvalue weighted by molar-refractivity contribution is 6.06. The van der Waals surface area contributed by atoms with Gasteiger partial charge >= 0.3 is 0 Å². The minimum Gasteiger partial charge on any atom is -0.497 e. The van der Waals surface area contributed by atoms with Gasteiger partial charge < -0.3 is 25.3 Å². The highest BCUT2D eigenvalue weighted by Crippen LogP contribution is 2.34. The van der Waals surface area contributed by atoms with Gasteiger partial charge in [-0.2, -0.15) is 0 Å². The van der Waals surface area contributed by atoms with E-state index in [0.717, 1.165) is 42.9 Å². The van der Waals surface area contributed by atoms with Crippen molar-refractivity contribution in [2.24, 2.45) is 16.6 Å². The molecular weight excluding hydrogens is 420 g/mol. The average molecular weight is 449 g/mol. The largest absolute Gasteiger partial charge is 0.497 e. The van der Waals surface area contributed by atoms with Crippen LogP contribution in [-0.4, -0.2) is 49.8 Å². The number of guanidine groups is 1. The summed E-state index contributed by atoms with van der Waals surface area (Å²) in [6.07, 6.45) is 4.68. The molecule has 2 aromatic carbocycles. The molecule has 8 nitrogen and oxygen atoms in total. The molecule has 3 aliphatic heterocycles. The molecule has 0 aliphatic carbocycles. The standard InChI is InChI=1S/C25H28N4O4/c1-31-20-5-2-16(3-6-20)12-19-14-21(17-8-10-27-11-9-17)29(25(26)28-19)24(30)18-4-7-22-23(13-18)33-15-32-22/h2-7,13-14,17,21,27H,8-12,15H2,1H3,(H2,26,28). The summed E-state index contributed by atoms with van der Waals surface area (Å²) in [5.74, 6) is 2.37. The molecule has 1 atom stereocenters. The maximum Gasteiger partial charge on any atom is 0.261 e. The Morgan fingerprint density at radius 2 is 1.91 bits per heavy atom. The second-order valence-electron chi connectivity index (χ2n) is 8.47. The highest BCUT2D eigenvalue weighted by Gasteiger charge is 2.36. The van der Waals surface area contributed by atoms with Crippen molar-refractivity contribution in [1.29, 1.82) is 0 Å². The zero-order chi connectivity index (χ0) is 22.8. The third kappa shape index (κ3) is 4.39. The van der Waals surface area contributed by atoms with Gasteiger partial charge in [-0.3, -0.25) is 9.69 Å². The van der Waals surface area contributed by atoms with Gasteiger partial charge in [0.2, 0.25) is 12.8 Å². The van der Waals surface area contributed by atoms with Gasteiger partial charge in [-0.1, -0.05) is 12.1 Å². The Balaban J connectivity index is 1.44. The first-order valence-electron chi connectivity index (χ1n) is 11.2. The number of allylic oxidation sites excluding steroid dienone is 1. The molecule has 1 saturated heterocycles. The minimum absolute atomic E-state index is 0.157. The lowest BCUT2D eigenvalue weighted by Crippen LogP contribution is -2.53. The van der Waals surface area contributed by atoms with E-state index in [1.165, 1.54) is 0 Å². The fourth-order valence-electron chi connectivity index (χ4n) is 4.65. The number of methoxy groups -OCH3 is 1. The number of nitrogens with one attached hydrogen (secondary N) is 1. The van der Waals surface area contributed by atoms with Crippen LogP contribution in [0.5, 0.6) is 17.2 Å². The summed E-state index contributed by atoms with van der Waals surface area (Å²) in [7, 11) is 1.65. The molecule has 1 unspecified atom stereocenters. The van der Waals surface area contributed by atoms with Gasteiger partial charge in [0.15, 0.2) is 11.5 Å². The predicted octanol–water partition coefficient (Wildman–Crippen LogP) is 2.69. The quantitative estimate of drug-likeness (QED) is 0.730. The summed E-state index contributed by atoms with van der Waals surface area (Å²) >= 11 is 0. The Kier molecular flexibility index (Phi) is 5.92. The van der Waals surface area contributed by atoms with Gasteiger partial charge in [0.1, 0.15) is 5.75 Å². The van der Waals surface area contributed by atoms with E-state index >= 15 is 0 Å². The van der Waals surface area contributed by atoms with E-state index in [1.54, 1.807) is 30.2 Å². The second kappa shape index (κ2) is 9.15. The van der Waals surface area contributed by atoms with Crippen molar-refractivity contribution in [3.05, 3.63) is 65.4 Å². The third-order valence-corrected chi connectivity index (χ3v) is 6.42. The molecule has 1 amide bonds. The van der Waals surface area contributed by atoms with Crippen molar-refractivity contribution in [1.82, 2.24) is 10.2 Å². The Morgan fingerprint density at radius 3 is 2.67 bits per heavy atom. The predicted molar refractivity (Wildman–Crippen MR) is 125 cm³/mol. The number of hydrogen-bond acceptors (Lipinski definition) is 7. The smallest absolute Gasteiger partial charge is 0.261 e. The number of hydrogen-bond donors (Lipinski definition) is 2. The molecule has 1 fully saturated rings. The van der Waals surface area contributed by atoms with E-state index in [-0.39, 0.29) is 24.7 Å². The van der Waals surface area contributed by atoms with Gasteiger partial charge in [0, 0.05) is 17.7 Å². The Morgan fingerprint density at radius 1 is 1.15 bits per heavy atom. The first-order valence-corrected chi connectivity index (χ1v) is 11.2. The Labute approximate surface area is 193 Å². The van der Waals surface area contributed by atoms with Crippen LogP contribution < -0.4 is 25.3 Å². The molecule has 0 saturated carbocycles. The maximum absolute atomic E-state index is 13.6. The molecule has 3 aliphatic rings. The number of ether oxygens (including phenoxy) is 3. The van der Waals surface area contributed by atoms with E-state index in [4.69, 9.17) is 19.9 Å². The molecule has 33 heavy (non-hydrogen) atoms. The lowest BCUT2D eigenvalue weighted by molar-refractivity contribution is 0.0772. The molecule has 0 bridgehead atoms. The lowest BCUT2D eigenvalue weighted by Gasteiger charge is -2.39. The normalized spacial score (nSPS) is 20.3. The number of nitrogens with zero attached hydrogens (tertiary/aromatic N) is 2. The number of fused-ring (bicyclic) bond motifs is 1. The average Bonchev–Trinajstić information content (AvgIpc) is 3.32. The summed E-state index contributed by atoms with van der Waals surface area (Å²) in [5, 5.41) is 3.40. The van der Waals surface area contributed by atoms with E-state index in [0.29, 0.717) is 29.4 Å². The van der Waals surface area contributed by atoms with Gasteiger partial charge in [0.05, 0.1) is 13.2 Å². The SMILES string of the molecule is COc1ccc(CC2=CC(C3CCNCC3)N(C(=O)c3ccc4c(c3)OCO4)C(N)=N2)cc1. The molecule has 5 rings (SSSR count). The number of aliphatic imine (C=N–C) groups is 1. The van der Waals surface area contributed by atoms with Crippen LogP contribution in [-0.2, 0) is 6.42 Å². The lowest BCUT2D eigenvalue weighted by atomic mass is 9.87. The third-order valence-electron chi connectivity index (χ3n) is 6.42. The topological polar surface area (TPSA) is 98.4 Å². The number of benzene rings is 2. The number of carbonyl (C=O) groups excluding carboxylic acids is 1. The monoisotopic (exact) mass is 448 g/mol. The van der Waals surface area contributed by atoms with Gasteiger partial charge in [-0.15, -0.1) is 0 Å². The van der Waals surface area contributed by atoms with Crippen LogP contribution in [0.1, 0.15) is 28.8 Å². The fourth-order valence-corrected chi connectivity index (χ4v) is 4.65. The van der Waals surface area contributed by atoms with Crippen LogP contribution >= 0.6 is 0 Å². The van der Waals surface area contributed by atoms with Crippen molar-refractivity contribution in [3.8, 4) is 17.2 Å². The zero-order valence-corrected chi connectivity index (χ0v) is 18.6. The molecule has 2 aromatic rings. The number of amides is 1. The molecule has 3 N–H and O–H groups in total. The summed E-state index contributed by atoms with van der Waals surface area (Å²) in [6, 6.07) is 13.0. The first-order chi connectivity index (χ1) is 16.1. The Bertz CT molecular complexity index is 1090. The second-order valence-corrected chi connectivity index (χ2v) is 8.47. The van der Waals surface area contributed by atoms with Crippen LogP contribution in [0.25, 0.3) is 0 Å². The summed E-state index contributed by atoms with van der Waals surface area (Å²) in [6.45, 7) is 2.01. The van der Waals surface area contributed by atoms with Crippen molar-refractivity contribution in [3.63, 3.8) is 0 Å². The summed E-state index contributed by atoms with van der Waals surface area (Å²) in [4.78, 5) is 19.9. The number of carbonyl (C=O) groups is 1. The molecule has 0 aromatic heterocycles. The van der Waals surface area contributed by atoms with Gasteiger partial charge in [-0.05, 0) is 73.8 Å². The van der Waals surface area contributed by atoms with Crippen molar-refractivity contribution < 1.29 is 19.0 Å². The van der Waals surface area contributed by atoms with E-state index in [1.807, 2.05) is 24.3 Å². The van der Waals surface area contributed by atoms with Crippen LogP contribution in [0.4, 0.5) is 0 Å². The first kappa shape index (κ1) is 21.3. The molecule has 8 heteroatoms. The maximum atomic E-state index is 13.6. The minimum atomic E-state index is -0.183. The summed E-state index contributed by atoms with van der Waals surface area (Å²) in [5.41, 5.74) is 8.92. The molecule has 0 spiro atoms. The van der Waals surface area contributed by atoms with Crippen LogP contribution in [0.2, 0.25) is 0 Å². The zero-order valence-electron chi connectivity index (χ0n) is 18.6. The number of nitrogens with two attached hydrogens (primary N) is 1. The van der Waals surface area contributed by atoms with Crippen LogP contribution in [0.15, 0.2) is 59.2 Å². The number of piperidine rings is 1. The van der Waals surface area contributed by atoms with E-state index < -0.39 is 0 Å². The molecule has 0 radical (unpaired) electrons. The molecule has 3 heterocycles. The van der Waals surface area contributed by atoms with E-state index in [9.17, 15) is 4.79 Å². The van der Waals surface area contributed by atoms with Crippen molar-refractivity contribution in [2.75, 3.05) is 27.0 Å². The molecule has 172 valence electrons. The van der Waals surface area contributed by atoms with Gasteiger partial charge in [0.25, 0.3) is 5.91 Å². The van der Waals surface area contributed by atoms with Gasteiger partial charge in [-0.25, -0.2) is 4.99 Å².